The van der Waals surface area contributed by atoms with Crippen molar-refractivity contribution in [3.8, 4) is 0 Å². The maximum atomic E-state index is 10.3. The standard InChI is InChI=1S/C6H5ClN2O3/c7-12-4-5-2-1-3-8-6(5)9(10)11/h1-3H,4H2. The lowest BCUT2D eigenvalue weighted by Crippen LogP contribution is -1.97. The normalized spacial score (nSPS) is 9.75. The van der Waals surface area contributed by atoms with Crippen molar-refractivity contribution in [2.45, 2.75) is 6.61 Å². The lowest BCUT2D eigenvalue weighted by atomic mass is 10.3. The Kier molecular flexibility index (Phi) is 2.95. The molecule has 0 atom stereocenters. The van der Waals surface area contributed by atoms with E-state index < -0.39 is 4.92 Å². The molecule has 0 saturated carbocycles. The summed E-state index contributed by atoms with van der Waals surface area (Å²) in [5.74, 6) is -0.224. The third-order valence-corrected chi connectivity index (χ3v) is 1.36. The molecule has 0 amide bonds. The molecule has 0 N–H and O–H groups in total. The summed E-state index contributed by atoms with van der Waals surface area (Å²) in [7, 11) is 0. The molecule has 1 aromatic heterocycles. The molecular weight excluding hydrogens is 184 g/mol. The minimum atomic E-state index is -0.578. The fourth-order valence-corrected chi connectivity index (χ4v) is 0.884. The molecule has 0 saturated heterocycles. The van der Waals surface area contributed by atoms with Crippen LogP contribution in [0.15, 0.2) is 18.3 Å². The van der Waals surface area contributed by atoms with Gasteiger partial charge in [-0.25, -0.2) is 0 Å². The fourth-order valence-electron chi connectivity index (χ4n) is 0.766. The second kappa shape index (κ2) is 3.99. The van der Waals surface area contributed by atoms with Crippen molar-refractivity contribution in [1.82, 2.24) is 4.98 Å². The molecule has 1 aromatic rings. The van der Waals surface area contributed by atoms with Crippen molar-refractivity contribution in [3.63, 3.8) is 0 Å². The quantitative estimate of drug-likeness (QED) is 0.535. The molecule has 1 heterocycles. The van der Waals surface area contributed by atoms with Crippen LogP contribution in [0.4, 0.5) is 5.82 Å². The van der Waals surface area contributed by atoms with E-state index in [9.17, 15) is 10.1 Å². The largest absolute Gasteiger partial charge is 0.369 e. The summed E-state index contributed by atoms with van der Waals surface area (Å²) in [5.41, 5.74) is 0.359. The predicted octanol–water partition coefficient (Wildman–Crippen LogP) is 1.66. The Bertz CT molecular complexity index is 292. The van der Waals surface area contributed by atoms with Gasteiger partial charge < -0.3 is 10.1 Å². The lowest BCUT2D eigenvalue weighted by Gasteiger charge is -1.97. The van der Waals surface area contributed by atoms with Crippen LogP contribution >= 0.6 is 11.9 Å². The fraction of sp³-hybridized carbons (Fsp3) is 0.167. The Hall–Kier alpha value is -1.20. The topological polar surface area (TPSA) is 65.3 Å². The molecule has 0 radical (unpaired) electrons. The molecule has 0 aliphatic carbocycles. The Labute approximate surface area is 73.3 Å². The van der Waals surface area contributed by atoms with Gasteiger partial charge in [0.2, 0.25) is 0 Å². The van der Waals surface area contributed by atoms with E-state index in [0.29, 0.717) is 5.56 Å². The molecule has 1 rings (SSSR count). The summed E-state index contributed by atoms with van der Waals surface area (Å²) in [4.78, 5) is 13.3. The molecule has 12 heavy (non-hydrogen) atoms. The molecule has 64 valence electrons. The van der Waals surface area contributed by atoms with Gasteiger partial charge in [0.1, 0.15) is 12.8 Å². The predicted molar refractivity (Wildman–Crippen MR) is 41.5 cm³/mol. The average Bonchev–Trinajstić information content (AvgIpc) is 2.05. The minimum Gasteiger partial charge on any atom is -0.358 e. The number of aromatic nitrogens is 1. The maximum Gasteiger partial charge on any atom is 0.369 e. The van der Waals surface area contributed by atoms with Crippen LogP contribution in [0.5, 0.6) is 0 Å². The Morgan fingerprint density at radius 3 is 3.08 bits per heavy atom. The van der Waals surface area contributed by atoms with Crippen LogP contribution in [0.25, 0.3) is 0 Å². The maximum absolute atomic E-state index is 10.3. The Morgan fingerprint density at radius 2 is 2.50 bits per heavy atom. The number of hydrogen-bond acceptors (Lipinski definition) is 4. The second-order valence-corrected chi connectivity index (χ2v) is 2.21. The van der Waals surface area contributed by atoms with E-state index >= 15 is 0 Å². The van der Waals surface area contributed by atoms with Crippen molar-refractivity contribution >= 4 is 17.7 Å². The number of nitro groups is 1. The van der Waals surface area contributed by atoms with Gasteiger partial charge in [-0.2, -0.15) is 0 Å². The number of hydrogen-bond donors (Lipinski definition) is 0. The summed E-state index contributed by atoms with van der Waals surface area (Å²) >= 11 is 4.96. The van der Waals surface area contributed by atoms with Crippen molar-refractivity contribution < 1.29 is 9.21 Å². The average molecular weight is 189 g/mol. The summed E-state index contributed by atoms with van der Waals surface area (Å²) in [5, 5.41) is 10.3. The highest BCUT2D eigenvalue weighted by Gasteiger charge is 2.13. The van der Waals surface area contributed by atoms with Gasteiger partial charge in [0, 0.05) is 0 Å². The van der Waals surface area contributed by atoms with Crippen molar-refractivity contribution in [2.24, 2.45) is 0 Å². The van der Waals surface area contributed by atoms with Crippen LogP contribution < -0.4 is 0 Å². The first-order chi connectivity index (χ1) is 5.75. The van der Waals surface area contributed by atoms with E-state index in [1.165, 1.54) is 12.3 Å². The van der Waals surface area contributed by atoms with Gasteiger partial charge in [0.05, 0.1) is 17.4 Å². The third kappa shape index (κ3) is 1.90. The van der Waals surface area contributed by atoms with E-state index in [1.54, 1.807) is 6.07 Å². The Balaban J connectivity index is 3.00. The zero-order valence-corrected chi connectivity index (χ0v) is 6.69. The minimum absolute atomic E-state index is 0.0221. The zero-order valence-electron chi connectivity index (χ0n) is 5.94. The Morgan fingerprint density at radius 1 is 1.75 bits per heavy atom. The molecule has 0 unspecified atom stereocenters. The molecule has 0 aliphatic heterocycles. The summed E-state index contributed by atoms with van der Waals surface area (Å²) in [6, 6.07) is 3.12. The summed E-state index contributed by atoms with van der Waals surface area (Å²) < 4.78 is 4.25. The van der Waals surface area contributed by atoms with Gasteiger partial charge >= 0.3 is 5.82 Å². The van der Waals surface area contributed by atoms with Gasteiger partial charge in [0.15, 0.2) is 0 Å². The van der Waals surface area contributed by atoms with Gasteiger partial charge in [-0.1, -0.05) is 0 Å². The van der Waals surface area contributed by atoms with Crippen molar-refractivity contribution in [1.29, 1.82) is 0 Å². The summed E-state index contributed by atoms with van der Waals surface area (Å²) in [6.45, 7) is -0.0221. The van der Waals surface area contributed by atoms with Gasteiger partial charge in [0.25, 0.3) is 0 Å². The first-order valence-electron chi connectivity index (χ1n) is 3.07. The van der Waals surface area contributed by atoms with Crippen LogP contribution in [0, 0.1) is 10.1 Å². The van der Waals surface area contributed by atoms with Crippen LogP contribution in [0.3, 0.4) is 0 Å². The van der Waals surface area contributed by atoms with E-state index in [4.69, 9.17) is 11.9 Å². The first-order valence-corrected chi connectivity index (χ1v) is 3.38. The highest BCUT2D eigenvalue weighted by Crippen LogP contribution is 2.15. The second-order valence-electron chi connectivity index (χ2n) is 2.00. The molecular formula is C6H5ClN2O3. The van der Waals surface area contributed by atoms with E-state index in [-0.39, 0.29) is 12.4 Å². The van der Waals surface area contributed by atoms with E-state index in [2.05, 4.69) is 9.27 Å². The van der Waals surface area contributed by atoms with Crippen molar-refractivity contribution in [2.75, 3.05) is 0 Å². The number of rotatable bonds is 3. The van der Waals surface area contributed by atoms with Crippen molar-refractivity contribution in [3.05, 3.63) is 34.0 Å². The molecule has 0 spiro atoms. The molecule has 0 fully saturated rings. The van der Waals surface area contributed by atoms with Crippen LogP contribution in [0.2, 0.25) is 0 Å². The van der Waals surface area contributed by atoms with Gasteiger partial charge in [-0.05, 0) is 22.0 Å². The van der Waals surface area contributed by atoms with E-state index in [1.807, 2.05) is 0 Å². The number of nitrogens with zero attached hydrogens (tertiary/aromatic N) is 2. The molecule has 6 heteroatoms. The molecule has 5 nitrogen and oxygen atoms in total. The van der Waals surface area contributed by atoms with E-state index in [0.717, 1.165) is 0 Å². The smallest absolute Gasteiger partial charge is 0.358 e. The molecule has 0 aliphatic rings. The van der Waals surface area contributed by atoms with Crippen LogP contribution in [-0.4, -0.2) is 9.91 Å². The monoisotopic (exact) mass is 188 g/mol. The number of pyridine rings is 1. The first kappa shape index (κ1) is 8.89. The van der Waals surface area contributed by atoms with Crippen LogP contribution in [-0.2, 0) is 10.9 Å². The SMILES string of the molecule is O=[N+]([O-])c1ncccc1COCl. The third-order valence-electron chi connectivity index (χ3n) is 1.25. The number of halogens is 1. The highest BCUT2D eigenvalue weighted by atomic mass is 35.5. The lowest BCUT2D eigenvalue weighted by molar-refractivity contribution is -0.390. The van der Waals surface area contributed by atoms with Gasteiger partial charge in [-0.3, -0.25) is 4.29 Å². The van der Waals surface area contributed by atoms with Gasteiger partial charge in [-0.15, -0.1) is 0 Å². The zero-order chi connectivity index (χ0) is 8.97. The summed E-state index contributed by atoms with van der Waals surface area (Å²) in [6.07, 6.45) is 1.34. The van der Waals surface area contributed by atoms with Crippen LogP contribution in [0.1, 0.15) is 5.56 Å². The highest BCUT2D eigenvalue weighted by molar-refractivity contribution is 6.07. The molecule has 0 bridgehead atoms. The molecule has 0 aromatic carbocycles.